The van der Waals surface area contributed by atoms with Crippen LogP contribution in [-0.2, 0) is 16.6 Å². The number of nitrogens with zero attached hydrogens (tertiary/aromatic N) is 1. The second-order valence-corrected chi connectivity index (χ2v) is 7.87. The molecule has 4 nitrogen and oxygen atoms in total. The number of halogens is 1. The van der Waals surface area contributed by atoms with Crippen molar-refractivity contribution in [3.8, 4) is 0 Å². The van der Waals surface area contributed by atoms with Gasteiger partial charge in [0.2, 0.25) is 10.0 Å². The Morgan fingerprint density at radius 2 is 1.67 bits per heavy atom. The fourth-order valence-corrected chi connectivity index (χ4v) is 4.90. The van der Waals surface area contributed by atoms with Crippen LogP contribution in [0.25, 0.3) is 0 Å². The van der Waals surface area contributed by atoms with Crippen LogP contribution in [0.1, 0.15) is 12.0 Å². The van der Waals surface area contributed by atoms with E-state index < -0.39 is 10.0 Å². The number of hydrogen-bond donors (Lipinski definition) is 1. The van der Waals surface area contributed by atoms with Crippen LogP contribution < -0.4 is 5.73 Å². The van der Waals surface area contributed by atoms with Crippen molar-refractivity contribution in [2.24, 2.45) is 5.73 Å². The lowest BCUT2D eigenvalue weighted by Crippen LogP contribution is -2.33. The standard InChI is InChI=1S/C17H22N2O2S2.ClH/c1-22-16-10-5-6-11-17(16)23(20,21)19(13-7-12-18)14-15-8-3-2-4-9-15;/h2-6,8-11H,7,12-14,18H2,1H3;1H. The summed E-state index contributed by atoms with van der Waals surface area (Å²) >= 11 is 1.44. The highest BCUT2D eigenvalue weighted by atomic mass is 35.5. The molecule has 0 spiro atoms. The molecule has 2 aromatic carbocycles. The zero-order valence-electron chi connectivity index (χ0n) is 13.6. The monoisotopic (exact) mass is 386 g/mol. The molecule has 7 heteroatoms. The number of rotatable bonds is 8. The number of hydrogen-bond acceptors (Lipinski definition) is 4. The maximum atomic E-state index is 13.1. The van der Waals surface area contributed by atoms with Gasteiger partial charge in [-0.2, -0.15) is 4.31 Å². The molecule has 0 aliphatic carbocycles. The summed E-state index contributed by atoms with van der Waals surface area (Å²) < 4.78 is 27.7. The van der Waals surface area contributed by atoms with Crippen molar-refractivity contribution in [2.75, 3.05) is 19.3 Å². The van der Waals surface area contributed by atoms with E-state index in [1.165, 1.54) is 16.1 Å². The normalized spacial score (nSPS) is 11.3. The first-order valence-electron chi connectivity index (χ1n) is 7.46. The maximum absolute atomic E-state index is 13.1. The van der Waals surface area contributed by atoms with E-state index in [2.05, 4.69) is 0 Å². The zero-order chi connectivity index (χ0) is 16.7. The Bertz CT molecular complexity index is 724. The lowest BCUT2D eigenvalue weighted by Gasteiger charge is -2.23. The highest BCUT2D eigenvalue weighted by molar-refractivity contribution is 7.99. The molecule has 2 N–H and O–H groups in total. The van der Waals surface area contributed by atoms with Crippen LogP contribution in [0.3, 0.4) is 0 Å². The lowest BCUT2D eigenvalue weighted by molar-refractivity contribution is 0.400. The smallest absolute Gasteiger partial charge is 0.244 e. The summed E-state index contributed by atoms with van der Waals surface area (Å²) in [6.07, 6.45) is 2.52. The van der Waals surface area contributed by atoms with E-state index in [0.29, 0.717) is 31.0 Å². The molecule has 0 aromatic heterocycles. The molecule has 0 radical (unpaired) electrons. The summed E-state index contributed by atoms with van der Waals surface area (Å²) in [5.74, 6) is 0. The highest BCUT2D eigenvalue weighted by Gasteiger charge is 2.26. The molecule has 24 heavy (non-hydrogen) atoms. The predicted octanol–water partition coefficient (Wildman–Crippen LogP) is 3.37. The second kappa shape index (κ2) is 10.1. The predicted molar refractivity (Wildman–Crippen MR) is 103 cm³/mol. The van der Waals surface area contributed by atoms with Gasteiger partial charge in [0.05, 0.1) is 4.90 Å². The molecule has 0 aliphatic rings. The van der Waals surface area contributed by atoms with Gasteiger partial charge < -0.3 is 5.73 Å². The van der Waals surface area contributed by atoms with Gasteiger partial charge >= 0.3 is 0 Å². The molecule has 2 rings (SSSR count). The molecule has 2 aromatic rings. The summed E-state index contributed by atoms with van der Waals surface area (Å²) in [6, 6.07) is 16.7. The first-order valence-corrected chi connectivity index (χ1v) is 10.1. The lowest BCUT2D eigenvalue weighted by atomic mass is 10.2. The van der Waals surface area contributed by atoms with Crippen molar-refractivity contribution in [3.63, 3.8) is 0 Å². The Balaban J connectivity index is 0.00000288. The Morgan fingerprint density at radius 3 is 2.29 bits per heavy atom. The van der Waals surface area contributed by atoms with Gasteiger partial charge in [0.1, 0.15) is 0 Å². The molecular formula is C17H23ClN2O2S2. The topological polar surface area (TPSA) is 63.4 Å². The maximum Gasteiger partial charge on any atom is 0.244 e. The van der Waals surface area contributed by atoms with Crippen LogP contribution >= 0.6 is 24.2 Å². The first-order chi connectivity index (χ1) is 11.1. The summed E-state index contributed by atoms with van der Waals surface area (Å²) in [7, 11) is -3.56. The summed E-state index contributed by atoms with van der Waals surface area (Å²) in [5, 5.41) is 0. The van der Waals surface area contributed by atoms with Crippen LogP contribution in [0.2, 0.25) is 0 Å². The molecule has 0 saturated heterocycles. The van der Waals surface area contributed by atoms with E-state index in [0.717, 1.165) is 10.5 Å². The Morgan fingerprint density at radius 1 is 1.04 bits per heavy atom. The number of sulfonamides is 1. The number of benzene rings is 2. The van der Waals surface area contributed by atoms with Crippen molar-refractivity contribution in [1.82, 2.24) is 4.31 Å². The van der Waals surface area contributed by atoms with Gasteiger partial charge in [-0.05, 0) is 36.9 Å². The van der Waals surface area contributed by atoms with Crippen LogP contribution in [0.15, 0.2) is 64.4 Å². The largest absolute Gasteiger partial charge is 0.330 e. The fraction of sp³-hybridized carbons (Fsp3) is 0.294. The van der Waals surface area contributed by atoms with Gasteiger partial charge in [-0.25, -0.2) is 8.42 Å². The first kappa shape index (κ1) is 21.0. The van der Waals surface area contributed by atoms with E-state index in [1.807, 2.05) is 48.7 Å². The van der Waals surface area contributed by atoms with E-state index in [4.69, 9.17) is 5.73 Å². The highest BCUT2D eigenvalue weighted by Crippen LogP contribution is 2.28. The molecule has 132 valence electrons. The minimum absolute atomic E-state index is 0. The molecule has 0 aliphatic heterocycles. The van der Waals surface area contributed by atoms with Crippen LogP contribution in [-0.4, -0.2) is 32.1 Å². The molecule has 0 saturated carbocycles. The molecule has 0 unspecified atom stereocenters. The van der Waals surface area contributed by atoms with Crippen molar-refractivity contribution in [2.45, 2.75) is 22.8 Å². The van der Waals surface area contributed by atoms with Crippen molar-refractivity contribution < 1.29 is 8.42 Å². The average Bonchev–Trinajstić information content (AvgIpc) is 2.59. The van der Waals surface area contributed by atoms with Gasteiger partial charge in [0.25, 0.3) is 0 Å². The second-order valence-electron chi connectivity index (χ2n) is 5.12. The average molecular weight is 387 g/mol. The zero-order valence-corrected chi connectivity index (χ0v) is 16.0. The molecular weight excluding hydrogens is 364 g/mol. The van der Waals surface area contributed by atoms with Gasteiger partial charge in [-0.15, -0.1) is 24.2 Å². The van der Waals surface area contributed by atoms with E-state index in [1.54, 1.807) is 12.1 Å². The third kappa shape index (κ3) is 5.22. The van der Waals surface area contributed by atoms with E-state index in [9.17, 15) is 8.42 Å². The number of nitrogens with two attached hydrogens (primary N) is 1. The van der Waals surface area contributed by atoms with Crippen LogP contribution in [0, 0.1) is 0 Å². The molecule has 0 bridgehead atoms. The molecule has 0 heterocycles. The van der Waals surface area contributed by atoms with E-state index >= 15 is 0 Å². The van der Waals surface area contributed by atoms with Crippen molar-refractivity contribution >= 4 is 34.2 Å². The molecule has 0 atom stereocenters. The van der Waals surface area contributed by atoms with Gasteiger partial charge in [0.15, 0.2) is 0 Å². The quantitative estimate of drug-likeness (QED) is 0.706. The van der Waals surface area contributed by atoms with Crippen molar-refractivity contribution in [3.05, 3.63) is 60.2 Å². The summed E-state index contributed by atoms with van der Waals surface area (Å²) in [6.45, 7) is 1.23. The fourth-order valence-electron chi connectivity index (χ4n) is 2.31. The van der Waals surface area contributed by atoms with Crippen LogP contribution in [0.5, 0.6) is 0 Å². The Labute approximate surface area is 154 Å². The minimum atomic E-state index is -3.56. The van der Waals surface area contributed by atoms with Crippen molar-refractivity contribution in [1.29, 1.82) is 0 Å². The minimum Gasteiger partial charge on any atom is -0.330 e. The molecule has 0 fully saturated rings. The summed E-state index contributed by atoms with van der Waals surface area (Å²) in [4.78, 5) is 1.12. The Hall–Kier alpha value is -1.05. The van der Waals surface area contributed by atoms with Gasteiger partial charge in [0, 0.05) is 18.0 Å². The third-order valence-electron chi connectivity index (χ3n) is 3.50. The third-order valence-corrected chi connectivity index (χ3v) is 6.33. The van der Waals surface area contributed by atoms with Gasteiger partial charge in [-0.1, -0.05) is 42.5 Å². The number of thioether (sulfide) groups is 1. The summed E-state index contributed by atoms with van der Waals surface area (Å²) in [5.41, 5.74) is 6.55. The Kier molecular flexibility index (Phi) is 8.80. The SMILES string of the molecule is CSc1ccccc1S(=O)(=O)N(CCCN)Cc1ccccc1.Cl. The molecule has 0 amide bonds. The van der Waals surface area contributed by atoms with E-state index in [-0.39, 0.29) is 12.4 Å². The van der Waals surface area contributed by atoms with Gasteiger partial charge in [-0.3, -0.25) is 0 Å². The van der Waals surface area contributed by atoms with Crippen LogP contribution in [0.4, 0.5) is 0 Å².